The largest absolute Gasteiger partial charge is 0.444 e. The number of nitro benzene ring substituents is 1. The predicted molar refractivity (Wildman–Crippen MR) is 90.4 cm³/mol. The average molecular weight is 339 g/mol. The van der Waals surface area contributed by atoms with Crippen LogP contribution < -0.4 is 4.90 Å². The molecule has 23 heavy (non-hydrogen) atoms. The summed E-state index contributed by atoms with van der Waals surface area (Å²) in [6.45, 7) is 7.74. The molecule has 0 spiro atoms. The summed E-state index contributed by atoms with van der Waals surface area (Å²) in [6.07, 6.45) is -0.325. The van der Waals surface area contributed by atoms with Crippen molar-refractivity contribution >= 4 is 30.1 Å². The van der Waals surface area contributed by atoms with Gasteiger partial charge in [0.1, 0.15) is 5.60 Å². The maximum absolute atomic E-state index is 12.0. The van der Waals surface area contributed by atoms with Crippen LogP contribution in [0.25, 0.3) is 0 Å². The summed E-state index contributed by atoms with van der Waals surface area (Å²) < 4.78 is 5.35. The Morgan fingerprint density at radius 3 is 2.39 bits per heavy atom. The number of carbonyl (C=O) groups excluding carboxylic acids is 1. The van der Waals surface area contributed by atoms with Crippen LogP contribution in [0.1, 0.15) is 20.8 Å². The van der Waals surface area contributed by atoms with Crippen LogP contribution in [0.15, 0.2) is 23.1 Å². The molecule has 0 N–H and O–H groups in total. The molecule has 1 aromatic rings. The second kappa shape index (κ2) is 6.66. The van der Waals surface area contributed by atoms with Gasteiger partial charge >= 0.3 is 6.09 Å². The Morgan fingerprint density at radius 1 is 1.26 bits per heavy atom. The molecule has 1 saturated heterocycles. The molecule has 1 fully saturated rings. The first kappa shape index (κ1) is 17.4. The second-order valence-electron chi connectivity index (χ2n) is 6.38. The van der Waals surface area contributed by atoms with Crippen molar-refractivity contribution in [1.29, 1.82) is 0 Å². The van der Waals surface area contributed by atoms with Crippen molar-refractivity contribution in [3.05, 3.63) is 28.3 Å². The van der Waals surface area contributed by atoms with Gasteiger partial charge in [0, 0.05) is 37.9 Å². The number of carbonyl (C=O) groups is 1. The molecule has 1 aromatic carbocycles. The van der Waals surface area contributed by atoms with E-state index in [0.717, 1.165) is 5.69 Å². The number of ether oxygens (including phenoxy) is 1. The van der Waals surface area contributed by atoms with Crippen LogP contribution >= 0.6 is 12.6 Å². The highest BCUT2D eigenvalue weighted by Crippen LogP contribution is 2.28. The average Bonchev–Trinajstić information content (AvgIpc) is 2.46. The van der Waals surface area contributed by atoms with E-state index >= 15 is 0 Å². The molecule has 8 heteroatoms. The number of thiol groups is 1. The number of anilines is 1. The minimum absolute atomic E-state index is 0.0135. The van der Waals surface area contributed by atoms with E-state index in [0.29, 0.717) is 31.1 Å². The van der Waals surface area contributed by atoms with Crippen LogP contribution in [-0.4, -0.2) is 47.7 Å². The molecule has 0 aromatic heterocycles. The van der Waals surface area contributed by atoms with Crippen LogP contribution in [-0.2, 0) is 4.74 Å². The topological polar surface area (TPSA) is 75.9 Å². The van der Waals surface area contributed by atoms with Gasteiger partial charge in [0.15, 0.2) is 0 Å². The first-order chi connectivity index (χ1) is 10.7. The highest BCUT2D eigenvalue weighted by molar-refractivity contribution is 7.80. The van der Waals surface area contributed by atoms with E-state index in [4.69, 9.17) is 4.74 Å². The summed E-state index contributed by atoms with van der Waals surface area (Å²) in [5.74, 6) is 0. The quantitative estimate of drug-likeness (QED) is 0.509. The number of piperazine rings is 1. The molecule has 1 aliphatic rings. The molecule has 0 aliphatic carbocycles. The Kier molecular flexibility index (Phi) is 5.03. The SMILES string of the molecule is CC(C)(C)OC(=O)N1CCN(c2ccc(S)c([N+](=O)[O-])c2)CC1. The molecule has 0 bridgehead atoms. The molecule has 7 nitrogen and oxygen atoms in total. The number of hydrogen-bond donors (Lipinski definition) is 1. The van der Waals surface area contributed by atoms with Crippen molar-refractivity contribution in [2.75, 3.05) is 31.1 Å². The molecule has 0 unspecified atom stereocenters. The van der Waals surface area contributed by atoms with Crippen molar-refractivity contribution in [2.24, 2.45) is 0 Å². The Hall–Kier alpha value is -1.96. The first-order valence-corrected chi connectivity index (χ1v) is 7.82. The van der Waals surface area contributed by atoms with Gasteiger partial charge in [0.05, 0.1) is 9.82 Å². The third kappa shape index (κ3) is 4.51. The Bertz CT molecular complexity index is 607. The summed E-state index contributed by atoms with van der Waals surface area (Å²) in [5, 5.41) is 11.0. The van der Waals surface area contributed by atoms with E-state index in [9.17, 15) is 14.9 Å². The number of rotatable bonds is 2. The van der Waals surface area contributed by atoms with Gasteiger partial charge in [-0.05, 0) is 32.9 Å². The lowest BCUT2D eigenvalue weighted by atomic mass is 10.2. The normalized spacial score (nSPS) is 15.5. The van der Waals surface area contributed by atoms with Gasteiger partial charge < -0.3 is 14.5 Å². The lowest BCUT2D eigenvalue weighted by molar-refractivity contribution is -0.387. The second-order valence-corrected chi connectivity index (χ2v) is 6.87. The maximum atomic E-state index is 12.0. The van der Waals surface area contributed by atoms with E-state index in [-0.39, 0.29) is 11.8 Å². The highest BCUT2D eigenvalue weighted by atomic mass is 32.1. The first-order valence-electron chi connectivity index (χ1n) is 7.37. The molecule has 0 radical (unpaired) electrons. The number of nitro groups is 1. The lowest BCUT2D eigenvalue weighted by Crippen LogP contribution is -2.50. The van der Waals surface area contributed by atoms with Crippen molar-refractivity contribution in [3.8, 4) is 0 Å². The van der Waals surface area contributed by atoms with Crippen LogP contribution in [0, 0.1) is 10.1 Å². The zero-order chi connectivity index (χ0) is 17.2. The van der Waals surface area contributed by atoms with Gasteiger partial charge in [-0.2, -0.15) is 0 Å². The van der Waals surface area contributed by atoms with Crippen molar-refractivity contribution in [3.63, 3.8) is 0 Å². The fourth-order valence-corrected chi connectivity index (χ4v) is 2.55. The van der Waals surface area contributed by atoms with Crippen LogP contribution in [0.5, 0.6) is 0 Å². The fourth-order valence-electron chi connectivity index (χ4n) is 2.33. The van der Waals surface area contributed by atoms with E-state index in [1.54, 1.807) is 17.0 Å². The summed E-state index contributed by atoms with van der Waals surface area (Å²) in [7, 11) is 0. The predicted octanol–water partition coefficient (Wildman–Crippen LogP) is 2.94. The van der Waals surface area contributed by atoms with Gasteiger partial charge in [0.2, 0.25) is 0 Å². The Labute approximate surface area is 140 Å². The zero-order valence-electron chi connectivity index (χ0n) is 13.5. The summed E-state index contributed by atoms with van der Waals surface area (Å²) in [4.78, 5) is 26.6. The summed E-state index contributed by atoms with van der Waals surface area (Å²) >= 11 is 4.10. The molecule has 0 atom stereocenters. The minimum atomic E-state index is -0.517. The smallest absolute Gasteiger partial charge is 0.410 e. The Morgan fingerprint density at radius 2 is 1.87 bits per heavy atom. The van der Waals surface area contributed by atoms with Crippen molar-refractivity contribution < 1.29 is 14.5 Å². The van der Waals surface area contributed by atoms with Gasteiger partial charge in [-0.15, -0.1) is 12.6 Å². The zero-order valence-corrected chi connectivity index (χ0v) is 14.4. The molecule has 1 amide bonds. The maximum Gasteiger partial charge on any atom is 0.410 e. The molecule has 1 aliphatic heterocycles. The van der Waals surface area contributed by atoms with E-state index in [1.165, 1.54) is 6.07 Å². The van der Waals surface area contributed by atoms with Gasteiger partial charge in [-0.3, -0.25) is 10.1 Å². The third-order valence-corrected chi connectivity index (χ3v) is 3.83. The monoisotopic (exact) mass is 339 g/mol. The van der Waals surface area contributed by atoms with Gasteiger partial charge in [-0.1, -0.05) is 0 Å². The van der Waals surface area contributed by atoms with Crippen molar-refractivity contribution in [2.45, 2.75) is 31.3 Å². The lowest BCUT2D eigenvalue weighted by Gasteiger charge is -2.36. The number of hydrogen-bond acceptors (Lipinski definition) is 6. The Balaban J connectivity index is 2.01. The van der Waals surface area contributed by atoms with E-state index in [1.807, 2.05) is 25.7 Å². The summed E-state index contributed by atoms with van der Waals surface area (Å²) in [5.41, 5.74) is 0.232. The van der Waals surface area contributed by atoms with Gasteiger partial charge in [-0.25, -0.2) is 4.79 Å². The summed E-state index contributed by atoms with van der Waals surface area (Å²) in [6, 6.07) is 4.95. The highest BCUT2D eigenvalue weighted by Gasteiger charge is 2.26. The minimum Gasteiger partial charge on any atom is -0.444 e. The van der Waals surface area contributed by atoms with E-state index in [2.05, 4.69) is 12.6 Å². The van der Waals surface area contributed by atoms with Crippen LogP contribution in [0.3, 0.4) is 0 Å². The number of amides is 1. The van der Waals surface area contributed by atoms with Crippen LogP contribution in [0.2, 0.25) is 0 Å². The van der Waals surface area contributed by atoms with Crippen molar-refractivity contribution in [1.82, 2.24) is 4.90 Å². The standard InChI is InChI=1S/C15H21N3O4S/c1-15(2,3)22-14(19)17-8-6-16(7-9-17)11-4-5-13(23)12(10-11)18(20)21/h4-5,10,23H,6-9H2,1-3H3. The molecular weight excluding hydrogens is 318 g/mol. The van der Waals surface area contributed by atoms with Crippen LogP contribution in [0.4, 0.5) is 16.2 Å². The number of benzene rings is 1. The fraction of sp³-hybridized carbons (Fsp3) is 0.533. The molecule has 126 valence electrons. The molecular formula is C15H21N3O4S. The molecule has 2 rings (SSSR count). The molecule has 1 heterocycles. The third-order valence-electron chi connectivity index (χ3n) is 3.45. The van der Waals surface area contributed by atoms with E-state index < -0.39 is 10.5 Å². The molecule has 0 saturated carbocycles. The van der Waals surface area contributed by atoms with Gasteiger partial charge in [0.25, 0.3) is 5.69 Å². The number of nitrogens with zero attached hydrogens (tertiary/aromatic N) is 3.